The number of likely N-dealkylation sites (tertiary alicyclic amines) is 1. The molecule has 2 N–H and O–H groups in total. The fourth-order valence-electron chi connectivity index (χ4n) is 2.07. The quantitative estimate of drug-likeness (QED) is 0.631. The zero-order chi connectivity index (χ0) is 15.3. The van der Waals surface area contributed by atoms with E-state index in [0.29, 0.717) is 18.8 Å². The summed E-state index contributed by atoms with van der Waals surface area (Å²) in [4.78, 5) is 25.1. The Balaban J connectivity index is 2.74. The summed E-state index contributed by atoms with van der Waals surface area (Å²) >= 11 is 0. The largest absolute Gasteiger partial charge is 0.463 e. The molecular formula is C14H24N2O4. The fourth-order valence-corrected chi connectivity index (χ4v) is 2.07. The number of nitrogens with two attached hydrogens (primary N) is 1. The predicted molar refractivity (Wildman–Crippen MR) is 74.9 cm³/mol. The van der Waals surface area contributed by atoms with Gasteiger partial charge in [-0.05, 0) is 40.5 Å². The molecule has 1 saturated heterocycles. The Labute approximate surface area is 119 Å². The van der Waals surface area contributed by atoms with Crippen molar-refractivity contribution in [2.24, 2.45) is 5.73 Å². The molecule has 0 bridgehead atoms. The minimum Gasteiger partial charge on any atom is -0.463 e. The summed E-state index contributed by atoms with van der Waals surface area (Å²) in [7, 11) is 0. The molecule has 1 amide bonds. The maximum Gasteiger partial charge on any atom is 0.410 e. The summed E-state index contributed by atoms with van der Waals surface area (Å²) < 4.78 is 10.2. The van der Waals surface area contributed by atoms with Gasteiger partial charge < -0.3 is 15.2 Å². The second-order valence-corrected chi connectivity index (χ2v) is 5.73. The maximum absolute atomic E-state index is 12.1. The van der Waals surface area contributed by atoms with Crippen molar-refractivity contribution in [3.05, 3.63) is 11.8 Å². The standard InChI is InChI=1S/C14H24N2O4/c1-5-19-12(17)9-10(15)11-7-6-8-16(11)13(18)20-14(2,3)4/h9,11H,5-8,15H2,1-4H3/b10-9-/t11-/m0/s1. The Kier molecular flexibility index (Phi) is 5.42. The lowest BCUT2D eigenvalue weighted by atomic mass is 10.1. The molecule has 0 aromatic heterocycles. The van der Waals surface area contributed by atoms with Gasteiger partial charge in [0, 0.05) is 18.3 Å². The molecule has 0 radical (unpaired) electrons. The highest BCUT2D eigenvalue weighted by molar-refractivity contribution is 5.83. The Hall–Kier alpha value is -1.72. The van der Waals surface area contributed by atoms with E-state index < -0.39 is 17.7 Å². The molecule has 6 heteroatoms. The third kappa shape index (κ3) is 4.75. The summed E-state index contributed by atoms with van der Waals surface area (Å²) in [6.07, 6.45) is 2.40. The molecule has 0 spiro atoms. The van der Waals surface area contributed by atoms with E-state index >= 15 is 0 Å². The van der Waals surface area contributed by atoms with Crippen LogP contribution < -0.4 is 5.73 Å². The zero-order valence-electron chi connectivity index (χ0n) is 12.6. The molecule has 1 fully saturated rings. The summed E-state index contributed by atoms with van der Waals surface area (Å²) in [5.74, 6) is -0.485. The van der Waals surface area contributed by atoms with E-state index in [-0.39, 0.29) is 6.04 Å². The van der Waals surface area contributed by atoms with Crippen molar-refractivity contribution in [2.45, 2.75) is 52.2 Å². The van der Waals surface area contributed by atoms with E-state index in [2.05, 4.69) is 0 Å². The number of esters is 1. The van der Waals surface area contributed by atoms with Crippen molar-refractivity contribution >= 4 is 12.1 Å². The van der Waals surface area contributed by atoms with Gasteiger partial charge in [0.1, 0.15) is 5.60 Å². The number of rotatable bonds is 3. The Bertz CT molecular complexity index is 398. The third-order valence-electron chi connectivity index (χ3n) is 2.84. The minimum absolute atomic E-state index is 0.295. The number of nitrogens with zero attached hydrogens (tertiary/aromatic N) is 1. The lowest BCUT2D eigenvalue weighted by Gasteiger charge is -2.28. The van der Waals surface area contributed by atoms with Gasteiger partial charge in [0.15, 0.2) is 0 Å². The highest BCUT2D eigenvalue weighted by Gasteiger charge is 2.33. The average Bonchev–Trinajstić information content (AvgIpc) is 2.75. The molecule has 114 valence electrons. The van der Waals surface area contributed by atoms with Gasteiger partial charge in [0.2, 0.25) is 0 Å². The summed E-state index contributed by atoms with van der Waals surface area (Å²) in [5, 5.41) is 0. The maximum atomic E-state index is 12.1. The summed E-state index contributed by atoms with van der Waals surface area (Å²) in [5.41, 5.74) is 5.70. The Morgan fingerprint density at radius 2 is 2.05 bits per heavy atom. The molecule has 0 aromatic carbocycles. The van der Waals surface area contributed by atoms with Crippen LogP contribution in [0.15, 0.2) is 11.8 Å². The Morgan fingerprint density at radius 3 is 2.60 bits per heavy atom. The van der Waals surface area contributed by atoms with Crippen LogP contribution in [0.25, 0.3) is 0 Å². The molecular weight excluding hydrogens is 260 g/mol. The van der Waals surface area contributed by atoms with Gasteiger partial charge in [0.05, 0.1) is 12.6 Å². The average molecular weight is 284 g/mol. The minimum atomic E-state index is -0.552. The molecule has 1 heterocycles. The van der Waals surface area contributed by atoms with Crippen LogP contribution in [0.4, 0.5) is 4.79 Å². The number of carbonyl (C=O) groups excluding carboxylic acids is 2. The van der Waals surface area contributed by atoms with E-state index in [9.17, 15) is 9.59 Å². The summed E-state index contributed by atoms with van der Waals surface area (Å²) in [6.45, 7) is 8.04. The van der Waals surface area contributed by atoms with E-state index in [4.69, 9.17) is 15.2 Å². The molecule has 20 heavy (non-hydrogen) atoms. The highest BCUT2D eigenvalue weighted by Crippen LogP contribution is 2.23. The first-order valence-corrected chi connectivity index (χ1v) is 6.88. The molecule has 0 unspecified atom stereocenters. The first kappa shape index (κ1) is 16.3. The second-order valence-electron chi connectivity index (χ2n) is 5.73. The number of hydrogen-bond donors (Lipinski definition) is 1. The second kappa shape index (κ2) is 6.63. The predicted octanol–water partition coefficient (Wildman–Crippen LogP) is 1.79. The highest BCUT2D eigenvalue weighted by atomic mass is 16.6. The number of ether oxygens (including phenoxy) is 2. The Morgan fingerprint density at radius 1 is 1.40 bits per heavy atom. The fraction of sp³-hybridized carbons (Fsp3) is 0.714. The van der Waals surface area contributed by atoms with Gasteiger partial charge in [-0.3, -0.25) is 4.90 Å². The van der Waals surface area contributed by atoms with Crippen LogP contribution in [0, 0.1) is 0 Å². The van der Waals surface area contributed by atoms with Gasteiger partial charge in [-0.25, -0.2) is 9.59 Å². The van der Waals surface area contributed by atoms with Crippen LogP contribution in [0.2, 0.25) is 0 Å². The van der Waals surface area contributed by atoms with Crippen LogP contribution in [-0.2, 0) is 14.3 Å². The van der Waals surface area contributed by atoms with Crippen molar-refractivity contribution in [3.8, 4) is 0 Å². The third-order valence-corrected chi connectivity index (χ3v) is 2.84. The van der Waals surface area contributed by atoms with Crippen LogP contribution in [0.1, 0.15) is 40.5 Å². The van der Waals surface area contributed by atoms with E-state index in [1.54, 1.807) is 11.8 Å². The van der Waals surface area contributed by atoms with Gasteiger partial charge >= 0.3 is 12.1 Å². The SMILES string of the molecule is CCOC(=O)/C=C(\N)[C@@H]1CCCN1C(=O)OC(C)(C)C. The molecule has 6 nitrogen and oxygen atoms in total. The van der Waals surface area contributed by atoms with Crippen molar-refractivity contribution in [3.63, 3.8) is 0 Å². The van der Waals surface area contributed by atoms with Crippen LogP contribution in [-0.4, -0.2) is 41.8 Å². The zero-order valence-corrected chi connectivity index (χ0v) is 12.6. The van der Waals surface area contributed by atoms with Crippen molar-refractivity contribution in [1.29, 1.82) is 0 Å². The lowest BCUT2D eigenvalue weighted by molar-refractivity contribution is -0.137. The summed E-state index contributed by atoms with van der Waals surface area (Å²) in [6, 6.07) is -0.297. The normalized spacial score (nSPS) is 19.9. The molecule has 0 saturated carbocycles. The van der Waals surface area contributed by atoms with E-state index in [1.165, 1.54) is 6.08 Å². The first-order chi connectivity index (χ1) is 9.24. The number of carbonyl (C=O) groups is 2. The van der Waals surface area contributed by atoms with Crippen molar-refractivity contribution in [1.82, 2.24) is 4.90 Å². The molecule has 0 aromatic rings. The molecule has 1 aliphatic heterocycles. The van der Waals surface area contributed by atoms with Gasteiger partial charge in [-0.15, -0.1) is 0 Å². The van der Waals surface area contributed by atoms with Crippen LogP contribution in [0.3, 0.4) is 0 Å². The van der Waals surface area contributed by atoms with Crippen LogP contribution in [0.5, 0.6) is 0 Å². The number of hydrogen-bond acceptors (Lipinski definition) is 5. The monoisotopic (exact) mass is 284 g/mol. The van der Waals surface area contributed by atoms with Gasteiger partial charge in [-0.1, -0.05) is 0 Å². The van der Waals surface area contributed by atoms with Crippen molar-refractivity contribution in [2.75, 3.05) is 13.2 Å². The topological polar surface area (TPSA) is 81.9 Å². The first-order valence-electron chi connectivity index (χ1n) is 6.88. The van der Waals surface area contributed by atoms with E-state index in [1.807, 2.05) is 20.8 Å². The molecule has 0 aliphatic carbocycles. The molecule has 1 atom stereocenters. The van der Waals surface area contributed by atoms with E-state index in [0.717, 1.165) is 12.8 Å². The lowest BCUT2D eigenvalue weighted by Crippen LogP contribution is -2.42. The van der Waals surface area contributed by atoms with Gasteiger partial charge in [-0.2, -0.15) is 0 Å². The number of amides is 1. The van der Waals surface area contributed by atoms with Gasteiger partial charge in [0.25, 0.3) is 0 Å². The smallest absolute Gasteiger partial charge is 0.410 e. The molecule has 1 rings (SSSR count). The van der Waals surface area contributed by atoms with Crippen molar-refractivity contribution < 1.29 is 19.1 Å². The van der Waals surface area contributed by atoms with Crippen LogP contribution >= 0.6 is 0 Å². The molecule has 1 aliphatic rings.